The lowest BCUT2D eigenvalue weighted by Gasteiger charge is -2.39. The van der Waals surface area contributed by atoms with Crippen LogP contribution in [0.15, 0.2) is 30.3 Å². The molecule has 2 saturated carbocycles. The second-order valence-electron chi connectivity index (χ2n) is 5.83. The van der Waals surface area contributed by atoms with E-state index in [1.807, 2.05) is 0 Å². The molecular formula is C16H23NO. The molecule has 0 saturated heterocycles. The summed E-state index contributed by atoms with van der Waals surface area (Å²) in [4.78, 5) is 2.51. The molecule has 1 aromatic carbocycles. The highest BCUT2D eigenvalue weighted by molar-refractivity contribution is 5.15. The summed E-state index contributed by atoms with van der Waals surface area (Å²) in [5.74, 6) is 1.91. The minimum absolute atomic E-state index is 0.278. The molecule has 2 fully saturated rings. The molecule has 0 heterocycles. The third-order valence-corrected chi connectivity index (χ3v) is 4.89. The molecular weight excluding hydrogens is 222 g/mol. The summed E-state index contributed by atoms with van der Waals surface area (Å²) >= 11 is 0. The van der Waals surface area contributed by atoms with Crippen LogP contribution in [0.2, 0.25) is 0 Å². The molecule has 3 rings (SSSR count). The highest BCUT2D eigenvalue weighted by Crippen LogP contribution is 2.48. The van der Waals surface area contributed by atoms with E-state index in [-0.39, 0.29) is 6.61 Å². The Morgan fingerprint density at radius 3 is 2.44 bits per heavy atom. The third kappa shape index (κ3) is 2.32. The first-order valence-electron chi connectivity index (χ1n) is 7.27. The van der Waals surface area contributed by atoms with Crippen LogP contribution in [0.1, 0.15) is 31.2 Å². The monoisotopic (exact) mass is 245 g/mol. The second kappa shape index (κ2) is 5.41. The van der Waals surface area contributed by atoms with Crippen LogP contribution in [0.4, 0.5) is 0 Å². The Balaban J connectivity index is 1.68. The summed E-state index contributed by atoms with van der Waals surface area (Å²) in [6.45, 7) is 2.10. The third-order valence-electron chi connectivity index (χ3n) is 4.89. The lowest BCUT2D eigenvalue weighted by molar-refractivity contribution is 0.0738. The van der Waals surface area contributed by atoms with E-state index in [2.05, 4.69) is 35.2 Å². The van der Waals surface area contributed by atoms with Gasteiger partial charge >= 0.3 is 0 Å². The molecule has 0 aromatic heterocycles. The van der Waals surface area contributed by atoms with Crippen LogP contribution in [0.5, 0.6) is 0 Å². The van der Waals surface area contributed by atoms with E-state index >= 15 is 0 Å². The summed E-state index contributed by atoms with van der Waals surface area (Å²) in [5, 5.41) is 9.30. The van der Waals surface area contributed by atoms with Crippen molar-refractivity contribution in [2.24, 2.45) is 11.8 Å². The number of benzene rings is 1. The first-order chi connectivity index (χ1) is 8.88. The molecule has 18 heavy (non-hydrogen) atoms. The minimum atomic E-state index is 0.278. The number of fused-ring (bicyclic) bond motifs is 1. The summed E-state index contributed by atoms with van der Waals surface area (Å²) < 4.78 is 0. The molecule has 3 atom stereocenters. The van der Waals surface area contributed by atoms with Gasteiger partial charge in [0, 0.05) is 19.1 Å². The van der Waals surface area contributed by atoms with E-state index in [4.69, 9.17) is 0 Å². The summed E-state index contributed by atoms with van der Waals surface area (Å²) in [6, 6.07) is 11.4. The number of hydrogen-bond donors (Lipinski definition) is 1. The van der Waals surface area contributed by atoms with E-state index in [0.29, 0.717) is 0 Å². The van der Waals surface area contributed by atoms with Crippen molar-refractivity contribution in [1.29, 1.82) is 0 Å². The van der Waals surface area contributed by atoms with Crippen LogP contribution >= 0.6 is 0 Å². The fourth-order valence-corrected chi connectivity index (χ4v) is 3.82. The van der Waals surface area contributed by atoms with E-state index in [9.17, 15) is 5.11 Å². The number of rotatable bonds is 5. The number of aliphatic hydroxyl groups excluding tert-OH is 1. The predicted molar refractivity (Wildman–Crippen MR) is 73.2 cm³/mol. The molecule has 0 spiro atoms. The van der Waals surface area contributed by atoms with Crippen LogP contribution in [0.3, 0.4) is 0 Å². The maximum absolute atomic E-state index is 9.30. The Bertz CT molecular complexity index is 378. The van der Waals surface area contributed by atoms with Crippen molar-refractivity contribution in [3.05, 3.63) is 35.9 Å². The van der Waals surface area contributed by atoms with Gasteiger partial charge in [0.2, 0.25) is 0 Å². The fourth-order valence-electron chi connectivity index (χ4n) is 3.82. The normalized spacial score (nSPS) is 30.2. The first-order valence-corrected chi connectivity index (χ1v) is 7.27. The van der Waals surface area contributed by atoms with Crippen molar-refractivity contribution < 1.29 is 5.11 Å². The van der Waals surface area contributed by atoms with Crippen molar-refractivity contribution in [3.8, 4) is 0 Å². The molecule has 2 heteroatoms. The largest absolute Gasteiger partial charge is 0.395 e. The molecule has 2 aliphatic rings. The lowest BCUT2D eigenvalue weighted by atomic mass is 9.74. The Labute approximate surface area is 110 Å². The van der Waals surface area contributed by atoms with Gasteiger partial charge in [0.25, 0.3) is 0 Å². The Hall–Kier alpha value is -0.860. The van der Waals surface area contributed by atoms with Crippen LogP contribution in [0, 0.1) is 11.8 Å². The van der Waals surface area contributed by atoms with Crippen LogP contribution < -0.4 is 0 Å². The van der Waals surface area contributed by atoms with Gasteiger partial charge in [0.1, 0.15) is 0 Å². The van der Waals surface area contributed by atoms with Crippen molar-refractivity contribution in [1.82, 2.24) is 4.90 Å². The van der Waals surface area contributed by atoms with Crippen LogP contribution in [0.25, 0.3) is 0 Å². The standard InChI is InChI=1S/C16H23NO/c18-11-10-17(12-13-4-2-1-3-5-13)16-9-7-14-6-8-15(14)16/h1-5,14-16,18H,6-12H2. The Kier molecular flexibility index (Phi) is 3.67. The van der Waals surface area contributed by atoms with Crippen molar-refractivity contribution >= 4 is 0 Å². The molecule has 0 aliphatic heterocycles. The maximum Gasteiger partial charge on any atom is 0.0558 e. The highest BCUT2D eigenvalue weighted by Gasteiger charge is 2.44. The number of hydrogen-bond acceptors (Lipinski definition) is 2. The average molecular weight is 245 g/mol. The van der Waals surface area contributed by atoms with E-state index in [1.165, 1.54) is 31.2 Å². The van der Waals surface area contributed by atoms with Gasteiger partial charge in [-0.2, -0.15) is 0 Å². The fraction of sp³-hybridized carbons (Fsp3) is 0.625. The SMILES string of the molecule is OCCN(Cc1ccccc1)C1CCC2CCC21. The topological polar surface area (TPSA) is 23.5 Å². The van der Waals surface area contributed by atoms with Gasteiger partial charge in [-0.1, -0.05) is 30.3 Å². The average Bonchev–Trinajstić information content (AvgIpc) is 2.65. The molecule has 0 radical (unpaired) electrons. The highest BCUT2D eigenvalue weighted by atomic mass is 16.3. The molecule has 0 bridgehead atoms. The molecule has 3 unspecified atom stereocenters. The Morgan fingerprint density at radius 2 is 1.83 bits per heavy atom. The van der Waals surface area contributed by atoms with Crippen LogP contribution in [-0.2, 0) is 6.54 Å². The molecule has 2 aliphatic carbocycles. The van der Waals surface area contributed by atoms with Gasteiger partial charge in [-0.3, -0.25) is 4.90 Å². The molecule has 0 amide bonds. The first kappa shape index (κ1) is 12.2. The second-order valence-corrected chi connectivity index (χ2v) is 5.83. The van der Waals surface area contributed by atoms with Crippen molar-refractivity contribution in [2.75, 3.05) is 13.2 Å². The number of aliphatic hydroxyl groups is 1. The van der Waals surface area contributed by atoms with Gasteiger partial charge in [-0.25, -0.2) is 0 Å². The van der Waals surface area contributed by atoms with Gasteiger partial charge in [0.05, 0.1) is 6.61 Å². The lowest BCUT2D eigenvalue weighted by Crippen LogP contribution is -2.42. The van der Waals surface area contributed by atoms with Gasteiger partial charge in [-0.05, 0) is 43.1 Å². The van der Waals surface area contributed by atoms with E-state index in [1.54, 1.807) is 0 Å². The zero-order valence-corrected chi connectivity index (χ0v) is 11.0. The van der Waals surface area contributed by atoms with Crippen LogP contribution in [-0.4, -0.2) is 29.2 Å². The quantitative estimate of drug-likeness (QED) is 0.862. The van der Waals surface area contributed by atoms with Gasteiger partial charge in [-0.15, -0.1) is 0 Å². The summed E-state index contributed by atoms with van der Waals surface area (Å²) in [7, 11) is 0. The van der Waals surface area contributed by atoms with E-state index in [0.717, 1.165) is 31.0 Å². The number of nitrogens with zero attached hydrogens (tertiary/aromatic N) is 1. The zero-order chi connectivity index (χ0) is 12.4. The molecule has 1 aromatic rings. The molecule has 2 nitrogen and oxygen atoms in total. The smallest absolute Gasteiger partial charge is 0.0558 e. The van der Waals surface area contributed by atoms with Gasteiger partial charge < -0.3 is 5.11 Å². The van der Waals surface area contributed by atoms with Crippen molar-refractivity contribution in [3.63, 3.8) is 0 Å². The Morgan fingerprint density at radius 1 is 1.06 bits per heavy atom. The van der Waals surface area contributed by atoms with E-state index < -0.39 is 0 Å². The predicted octanol–water partition coefficient (Wildman–Crippen LogP) is 2.67. The molecule has 1 N–H and O–H groups in total. The van der Waals surface area contributed by atoms with Gasteiger partial charge in [0.15, 0.2) is 0 Å². The molecule has 98 valence electrons. The zero-order valence-electron chi connectivity index (χ0n) is 11.0. The maximum atomic E-state index is 9.30. The summed E-state index contributed by atoms with van der Waals surface area (Å²) in [5.41, 5.74) is 1.37. The summed E-state index contributed by atoms with van der Waals surface area (Å²) in [6.07, 6.45) is 5.60. The minimum Gasteiger partial charge on any atom is -0.395 e. The van der Waals surface area contributed by atoms with Crippen molar-refractivity contribution in [2.45, 2.75) is 38.3 Å².